The SMILES string of the molecule is COc1cc(C(C)C)c2c(c1)S(=O)(=O)N(COc1cc(C(F)(F)F)nn1-c1ccccc1Cl)C2=O. The molecule has 8 nitrogen and oxygen atoms in total. The number of halogens is 4. The number of fused-ring (bicyclic) bond motifs is 1. The maximum atomic E-state index is 13.4. The molecular formula is C22H19ClF3N3O5S. The summed E-state index contributed by atoms with van der Waals surface area (Å²) in [6.07, 6.45) is -4.81. The second kappa shape index (κ2) is 8.76. The number of ether oxygens (including phenoxy) is 2. The van der Waals surface area contributed by atoms with Gasteiger partial charge in [0.1, 0.15) is 10.6 Å². The predicted octanol–water partition coefficient (Wildman–Crippen LogP) is 4.86. The Labute approximate surface area is 203 Å². The molecule has 4 rings (SSSR count). The normalized spacial score (nSPS) is 15.0. The Morgan fingerprint density at radius 3 is 2.43 bits per heavy atom. The number of rotatable bonds is 6. The highest BCUT2D eigenvalue weighted by Crippen LogP contribution is 2.39. The lowest BCUT2D eigenvalue weighted by Crippen LogP contribution is -2.34. The number of alkyl halides is 3. The summed E-state index contributed by atoms with van der Waals surface area (Å²) < 4.78 is 78.3. The van der Waals surface area contributed by atoms with Gasteiger partial charge in [0.15, 0.2) is 12.4 Å². The molecule has 0 atom stereocenters. The van der Waals surface area contributed by atoms with Crippen molar-refractivity contribution in [3.8, 4) is 17.3 Å². The maximum absolute atomic E-state index is 13.4. The van der Waals surface area contributed by atoms with E-state index in [1.165, 1.54) is 31.4 Å². The second-order valence-electron chi connectivity index (χ2n) is 7.91. The van der Waals surface area contributed by atoms with E-state index in [1.54, 1.807) is 26.0 Å². The lowest BCUT2D eigenvalue weighted by Gasteiger charge is -2.17. The van der Waals surface area contributed by atoms with Crippen LogP contribution >= 0.6 is 11.6 Å². The average molecular weight is 530 g/mol. The van der Waals surface area contributed by atoms with E-state index in [0.29, 0.717) is 15.9 Å². The molecule has 0 fully saturated rings. The number of carbonyl (C=O) groups excluding carboxylic acids is 1. The van der Waals surface area contributed by atoms with Gasteiger partial charge in [-0.3, -0.25) is 4.79 Å². The summed E-state index contributed by atoms with van der Waals surface area (Å²) in [5.41, 5.74) is -0.778. The third-order valence-electron chi connectivity index (χ3n) is 5.35. The number of aromatic nitrogens is 2. The fourth-order valence-electron chi connectivity index (χ4n) is 3.62. The molecule has 13 heteroatoms. The van der Waals surface area contributed by atoms with Crippen LogP contribution in [-0.4, -0.2) is 42.3 Å². The Morgan fingerprint density at radius 2 is 1.83 bits per heavy atom. The zero-order valence-electron chi connectivity index (χ0n) is 18.6. The third-order valence-corrected chi connectivity index (χ3v) is 7.40. The van der Waals surface area contributed by atoms with Crippen LogP contribution in [0.3, 0.4) is 0 Å². The number of sulfonamides is 1. The smallest absolute Gasteiger partial charge is 0.435 e. The number of para-hydroxylation sites is 1. The Hall–Kier alpha value is -3.25. The number of hydrogen-bond donors (Lipinski definition) is 0. The molecule has 1 amide bonds. The first-order valence-electron chi connectivity index (χ1n) is 10.2. The van der Waals surface area contributed by atoms with Crippen LogP contribution in [0.4, 0.5) is 13.2 Å². The minimum absolute atomic E-state index is 0.0278. The highest BCUT2D eigenvalue weighted by atomic mass is 35.5. The predicted molar refractivity (Wildman–Crippen MR) is 120 cm³/mol. The van der Waals surface area contributed by atoms with E-state index >= 15 is 0 Å². The standard InChI is InChI=1S/C22H19ClF3N3O5S/c1-12(2)14-8-13(33-3)9-17-20(14)21(30)28(35(17,31)32)11-34-19-10-18(22(24,25)26)27-29(19)16-7-5-4-6-15(16)23/h4-10,12H,11H2,1-3H3. The van der Waals surface area contributed by atoms with Crippen LogP contribution in [0.5, 0.6) is 11.6 Å². The fourth-order valence-corrected chi connectivity index (χ4v) is 5.31. The Bertz CT molecular complexity index is 1420. The van der Waals surface area contributed by atoms with Crippen LogP contribution in [0.2, 0.25) is 5.02 Å². The van der Waals surface area contributed by atoms with Gasteiger partial charge in [-0.25, -0.2) is 8.42 Å². The number of carbonyl (C=O) groups is 1. The van der Waals surface area contributed by atoms with E-state index in [2.05, 4.69) is 5.10 Å². The number of nitrogens with zero attached hydrogens (tertiary/aromatic N) is 3. The van der Waals surface area contributed by atoms with Gasteiger partial charge in [0.2, 0.25) is 5.88 Å². The quantitative estimate of drug-likeness (QED) is 0.453. The van der Waals surface area contributed by atoms with Gasteiger partial charge in [-0.05, 0) is 29.7 Å². The Morgan fingerprint density at radius 1 is 1.14 bits per heavy atom. The van der Waals surface area contributed by atoms with Crippen LogP contribution < -0.4 is 9.47 Å². The van der Waals surface area contributed by atoms with Crippen molar-refractivity contribution in [1.82, 2.24) is 14.1 Å². The van der Waals surface area contributed by atoms with E-state index in [4.69, 9.17) is 21.1 Å². The summed E-state index contributed by atoms with van der Waals surface area (Å²) in [7, 11) is -3.00. The Balaban J connectivity index is 1.74. The van der Waals surface area contributed by atoms with Crippen LogP contribution in [0, 0.1) is 0 Å². The monoisotopic (exact) mass is 529 g/mol. The van der Waals surface area contributed by atoms with E-state index in [1.807, 2.05) is 0 Å². The number of hydrogen-bond acceptors (Lipinski definition) is 6. The summed E-state index contributed by atoms with van der Waals surface area (Å²) >= 11 is 6.12. The molecule has 0 aliphatic carbocycles. The van der Waals surface area contributed by atoms with E-state index in [9.17, 15) is 26.4 Å². The summed E-state index contributed by atoms with van der Waals surface area (Å²) in [6.45, 7) is 2.69. The molecule has 0 N–H and O–H groups in total. The highest BCUT2D eigenvalue weighted by Gasteiger charge is 2.44. The minimum Gasteiger partial charge on any atom is -0.497 e. The summed E-state index contributed by atoms with van der Waals surface area (Å²) in [6, 6.07) is 9.37. The molecule has 0 bridgehead atoms. The first-order valence-corrected chi connectivity index (χ1v) is 12.0. The molecule has 1 aliphatic rings. The second-order valence-corrected chi connectivity index (χ2v) is 10.1. The molecule has 0 unspecified atom stereocenters. The number of amides is 1. The molecule has 0 radical (unpaired) electrons. The van der Waals surface area contributed by atoms with Gasteiger partial charge in [0.25, 0.3) is 15.9 Å². The van der Waals surface area contributed by atoms with Crippen molar-refractivity contribution in [3.05, 3.63) is 64.3 Å². The molecule has 2 heterocycles. The van der Waals surface area contributed by atoms with Gasteiger partial charge in [-0.1, -0.05) is 37.6 Å². The molecular weight excluding hydrogens is 511 g/mol. The van der Waals surface area contributed by atoms with E-state index in [-0.39, 0.29) is 32.8 Å². The molecule has 186 valence electrons. The zero-order chi connectivity index (χ0) is 25.7. The number of benzene rings is 2. The van der Waals surface area contributed by atoms with Crippen molar-refractivity contribution in [2.75, 3.05) is 13.8 Å². The molecule has 1 aliphatic heterocycles. The van der Waals surface area contributed by atoms with Crippen molar-refractivity contribution in [2.24, 2.45) is 0 Å². The lowest BCUT2D eigenvalue weighted by molar-refractivity contribution is -0.141. The van der Waals surface area contributed by atoms with Crippen molar-refractivity contribution >= 4 is 27.5 Å². The zero-order valence-corrected chi connectivity index (χ0v) is 20.2. The summed E-state index contributed by atoms with van der Waals surface area (Å²) in [4.78, 5) is 12.9. The van der Waals surface area contributed by atoms with Crippen LogP contribution in [0.25, 0.3) is 5.69 Å². The summed E-state index contributed by atoms with van der Waals surface area (Å²) in [5, 5.41) is 3.61. The van der Waals surface area contributed by atoms with Gasteiger partial charge >= 0.3 is 6.18 Å². The van der Waals surface area contributed by atoms with Gasteiger partial charge in [0, 0.05) is 12.1 Å². The first kappa shape index (κ1) is 24.9. The molecule has 3 aromatic rings. The maximum Gasteiger partial charge on any atom is 0.435 e. The van der Waals surface area contributed by atoms with Crippen LogP contribution in [0.15, 0.2) is 47.4 Å². The molecule has 2 aromatic carbocycles. The van der Waals surface area contributed by atoms with Crippen molar-refractivity contribution in [2.45, 2.75) is 30.8 Å². The largest absolute Gasteiger partial charge is 0.497 e. The van der Waals surface area contributed by atoms with E-state index < -0.39 is 40.4 Å². The van der Waals surface area contributed by atoms with Crippen molar-refractivity contribution in [3.63, 3.8) is 0 Å². The molecule has 0 saturated carbocycles. The number of methoxy groups -OCH3 is 1. The highest BCUT2D eigenvalue weighted by molar-refractivity contribution is 7.90. The van der Waals surface area contributed by atoms with Crippen molar-refractivity contribution < 1.29 is 35.9 Å². The van der Waals surface area contributed by atoms with Crippen LogP contribution in [0.1, 0.15) is 41.4 Å². The first-order chi connectivity index (χ1) is 16.4. The van der Waals surface area contributed by atoms with Gasteiger partial charge in [-0.2, -0.15) is 27.3 Å². The topological polar surface area (TPSA) is 90.7 Å². The van der Waals surface area contributed by atoms with Gasteiger partial charge < -0.3 is 9.47 Å². The fraction of sp³-hybridized carbons (Fsp3) is 0.273. The van der Waals surface area contributed by atoms with Crippen LogP contribution in [-0.2, 0) is 16.2 Å². The molecule has 35 heavy (non-hydrogen) atoms. The summed E-state index contributed by atoms with van der Waals surface area (Å²) in [5.74, 6) is -1.27. The van der Waals surface area contributed by atoms with Gasteiger partial charge in [-0.15, -0.1) is 0 Å². The molecule has 0 spiro atoms. The average Bonchev–Trinajstić information content (AvgIpc) is 3.29. The molecule has 1 aromatic heterocycles. The molecule has 0 saturated heterocycles. The Kier molecular flexibility index (Phi) is 6.22. The van der Waals surface area contributed by atoms with E-state index in [0.717, 1.165) is 4.68 Å². The van der Waals surface area contributed by atoms with Crippen molar-refractivity contribution in [1.29, 1.82) is 0 Å². The third kappa shape index (κ3) is 4.31. The van der Waals surface area contributed by atoms with Gasteiger partial charge in [0.05, 0.1) is 23.4 Å². The lowest BCUT2D eigenvalue weighted by atomic mass is 9.96. The minimum atomic E-state index is -4.81.